The van der Waals surface area contributed by atoms with Crippen molar-refractivity contribution in [1.29, 1.82) is 0 Å². The zero-order chi connectivity index (χ0) is 27.4. The van der Waals surface area contributed by atoms with Gasteiger partial charge >= 0.3 is 0 Å². The standard InChI is InChI=1S/C28H28ClN7O3/c1-35-11-13-36(14-12-35)28-31-17-20-15-21(27(39)33-24(20)34-28)26(38)32-23-16-19(7-8-22(23)29)25(37)30-10-9-18-5-3-2-4-6-18/h2-8,15-17H,9-14H2,1H3,(H,30,37)(H,32,38)(H,31,33,34,39). The first-order valence-electron chi connectivity index (χ1n) is 12.6. The van der Waals surface area contributed by atoms with E-state index in [1.165, 1.54) is 18.2 Å². The summed E-state index contributed by atoms with van der Waals surface area (Å²) in [6, 6.07) is 15.9. The van der Waals surface area contributed by atoms with Crippen LogP contribution in [-0.2, 0) is 6.42 Å². The maximum absolute atomic E-state index is 13.0. The molecule has 0 radical (unpaired) electrons. The molecule has 3 heterocycles. The minimum Gasteiger partial charge on any atom is -0.352 e. The number of aromatic amines is 1. The molecule has 0 saturated carbocycles. The number of H-pyrrole nitrogens is 1. The third kappa shape index (κ3) is 6.24. The first-order chi connectivity index (χ1) is 18.9. The number of piperazine rings is 1. The van der Waals surface area contributed by atoms with E-state index >= 15 is 0 Å². The van der Waals surface area contributed by atoms with Crippen LogP contribution in [-0.4, -0.2) is 71.4 Å². The number of amides is 2. The SMILES string of the molecule is CN1CCN(c2ncc3cc(C(=O)Nc4cc(C(=O)NCCc5ccccc5)ccc4Cl)c(=O)[nH]c3n2)CC1. The second-order valence-corrected chi connectivity index (χ2v) is 9.82. The lowest BCUT2D eigenvalue weighted by Crippen LogP contribution is -2.45. The molecular formula is C28H28ClN7O3. The monoisotopic (exact) mass is 545 g/mol. The van der Waals surface area contributed by atoms with Gasteiger partial charge in [-0.1, -0.05) is 41.9 Å². The molecular weight excluding hydrogens is 518 g/mol. The van der Waals surface area contributed by atoms with Crippen LogP contribution in [0, 0.1) is 0 Å². The largest absolute Gasteiger partial charge is 0.352 e. The number of fused-ring (bicyclic) bond motifs is 1. The molecule has 3 N–H and O–H groups in total. The molecule has 1 fully saturated rings. The van der Waals surface area contributed by atoms with Crippen molar-refractivity contribution in [2.45, 2.75) is 6.42 Å². The Bertz CT molecular complexity index is 1570. The number of benzene rings is 2. The Morgan fingerprint density at radius 3 is 2.56 bits per heavy atom. The molecule has 1 aliphatic heterocycles. The molecule has 2 aromatic heterocycles. The Balaban J connectivity index is 1.28. The highest BCUT2D eigenvalue weighted by Crippen LogP contribution is 2.24. The predicted molar refractivity (Wildman–Crippen MR) is 152 cm³/mol. The van der Waals surface area contributed by atoms with Gasteiger partial charge in [0.1, 0.15) is 11.2 Å². The number of halogens is 1. The third-order valence-electron chi connectivity index (χ3n) is 6.63. The fourth-order valence-electron chi connectivity index (χ4n) is 4.33. The quantitative estimate of drug-likeness (QED) is 0.326. The van der Waals surface area contributed by atoms with Gasteiger partial charge in [0.05, 0.1) is 10.7 Å². The van der Waals surface area contributed by atoms with Gasteiger partial charge in [0, 0.05) is 49.9 Å². The molecule has 11 heteroatoms. The summed E-state index contributed by atoms with van der Waals surface area (Å²) in [5, 5.41) is 6.28. The Morgan fingerprint density at radius 1 is 1.03 bits per heavy atom. The van der Waals surface area contributed by atoms with E-state index in [-0.39, 0.29) is 22.2 Å². The predicted octanol–water partition coefficient (Wildman–Crippen LogP) is 2.95. The smallest absolute Gasteiger partial charge is 0.262 e. The van der Waals surface area contributed by atoms with Gasteiger partial charge in [-0.2, -0.15) is 4.98 Å². The Kier molecular flexibility index (Phi) is 7.85. The first-order valence-corrected chi connectivity index (χ1v) is 13.0. The molecule has 2 aromatic carbocycles. The van der Waals surface area contributed by atoms with Gasteiger partial charge in [-0.25, -0.2) is 4.98 Å². The van der Waals surface area contributed by atoms with Gasteiger partial charge in [-0.15, -0.1) is 0 Å². The molecule has 39 heavy (non-hydrogen) atoms. The lowest BCUT2D eigenvalue weighted by molar-refractivity contribution is 0.0952. The molecule has 1 saturated heterocycles. The summed E-state index contributed by atoms with van der Waals surface area (Å²) < 4.78 is 0. The lowest BCUT2D eigenvalue weighted by atomic mass is 10.1. The minimum atomic E-state index is -0.662. The highest BCUT2D eigenvalue weighted by molar-refractivity contribution is 6.34. The van der Waals surface area contributed by atoms with Crippen molar-refractivity contribution in [1.82, 2.24) is 25.2 Å². The second kappa shape index (κ2) is 11.6. The number of nitrogens with one attached hydrogen (secondary N) is 3. The van der Waals surface area contributed by atoms with Crippen molar-refractivity contribution < 1.29 is 9.59 Å². The number of pyridine rings is 1. The van der Waals surface area contributed by atoms with Crippen molar-refractivity contribution in [3.63, 3.8) is 0 Å². The Morgan fingerprint density at radius 2 is 1.79 bits per heavy atom. The number of aromatic nitrogens is 3. The summed E-state index contributed by atoms with van der Waals surface area (Å²) in [5.74, 6) is -0.422. The van der Waals surface area contributed by atoms with Crippen LogP contribution in [0.15, 0.2) is 65.6 Å². The molecule has 10 nitrogen and oxygen atoms in total. The zero-order valence-corrected chi connectivity index (χ0v) is 22.2. The van der Waals surface area contributed by atoms with Crippen molar-refractivity contribution in [2.24, 2.45) is 0 Å². The molecule has 4 aromatic rings. The summed E-state index contributed by atoms with van der Waals surface area (Å²) in [6.07, 6.45) is 2.28. The number of carbonyl (C=O) groups is 2. The maximum Gasteiger partial charge on any atom is 0.262 e. The van der Waals surface area contributed by atoms with Crippen LogP contribution in [0.3, 0.4) is 0 Å². The highest BCUT2D eigenvalue weighted by atomic mass is 35.5. The summed E-state index contributed by atoms with van der Waals surface area (Å²) in [4.78, 5) is 54.4. The molecule has 0 unspecified atom stereocenters. The molecule has 0 aliphatic carbocycles. The average molecular weight is 546 g/mol. The van der Waals surface area contributed by atoms with Crippen molar-refractivity contribution in [3.05, 3.63) is 92.9 Å². The zero-order valence-electron chi connectivity index (χ0n) is 21.4. The van der Waals surface area contributed by atoms with Crippen LogP contribution in [0.4, 0.5) is 11.6 Å². The van der Waals surface area contributed by atoms with Gasteiger partial charge in [0.25, 0.3) is 17.4 Å². The van der Waals surface area contributed by atoms with Crippen molar-refractivity contribution in [2.75, 3.05) is 50.0 Å². The molecule has 2 amide bonds. The van der Waals surface area contributed by atoms with Gasteiger partial charge in [-0.05, 0) is 43.3 Å². The number of hydrogen-bond acceptors (Lipinski definition) is 7. The maximum atomic E-state index is 13.0. The van der Waals surface area contributed by atoms with E-state index < -0.39 is 11.5 Å². The van der Waals surface area contributed by atoms with E-state index in [0.717, 1.165) is 31.7 Å². The van der Waals surface area contributed by atoms with Crippen molar-refractivity contribution >= 4 is 46.1 Å². The number of rotatable bonds is 7. The number of nitrogens with zero attached hydrogens (tertiary/aromatic N) is 4. The number of likely N-dealkylation sites (N-methyl/N-ethyl adjacent to an activating group) is 1. The number of carbonyl (C=O) groups excluding carboxylic acids is 2. The first kappa shape index (κ1) is 26.3. The van der Waals surface area contributed by atoms with Crippen LogP contribution >= 0.6 is 11.6 Å². The third-order valence-corrected chi connectivity index (χ3v) is 6.96. The molecule has 0 bridgehead atoms. The Hall–Kier alpha value is -4.28. The lowest BCUT2D eigenvalue weighted by Gasteiger charge is -2.32. The summed E-state index contributed by atoms with van der Waals surface area (Å²) >= 11 is 6.29. The molecule has 200 valence electrons. The molecule has 5 rings (SSSR count). The van der Waals surface area contributed by atoms with Crippen LogP contribution in [0.2, 0.25) is 5.02 Å². The summed E-state index contributed by atoms with van der Waals surface area (Å²) in [6.45, 7) is 3.83. The van der Waals surface area contributed by atoms with E-state index in [9.17, 15) is 14.4 Å². The Labute approximate surface area is 230 Å². The van der Waals surface area contributed by atoms with E-state index in [4.69, 9.17) is 11.6 Å². The van der Waals surface area contributed by atoms with E-state index in [1.54, 1.807) is 12.3 Å². The van der Waals surface area contributed by atoms with Gasteiger partial charge in [0.2, 0.25) is 5.95 Å². The second-order valence-electron chi connectivity index (χ2n) is 9.42. The van der Waals surface area contributed by atoms with Crippen LogP contribution in [0.5, 0.6) is 0 Å². The summed E-state index contributed by atoms with van der Waals surface area (Å²) in [7, 11) is 2.06. The van der Waals surface area contributed by atoms with E-state index in [1.807, 2.05) is 30.3 Å². The highest BCUT2D eigenvalue weighted by Gasteiger charge is 2.19. The van der Waals surface area contributed by atoms with Crippen LogP contribution < -0.4 is 21.1 Å². The number of hydrogen-bond donors (Lipinski definition) is 3. The summed E-state index contributed by atoms with van der Waals surface area (Å²) in [5.41, 5.74) is 1.32. The average Bonchev–Trinajstić information content (AvgIpc) is 2.94. The van der Waals surface area contributed by atoms with Gasteiger partial charge in [0.15, 0.2) is 0 Å². The molecule has 1 aliphatic rings. The number of anilines is 2. The topological polar surface area (TPSA) is 123 Å². The van der Waals surface area contributed by atoms with E-state index in [2.05, 4.69) is 42.4 Å². The normalized spacial score (nSPS) is 13.8. The van der Waals surface area contributed by atoms with Crippen LogP contribution in [0.1, 0.15) is 26.3 Å². The fraction of sp³-hybridized carbons (Fsp3) is 0.250. The molecule has 0 atom stereocenters. The van der Waals surface area contributed by atoms with E-state index in [0.29, 0.717) is 35.5 Å². The minimum absolute atomic E-state index is 0.118. The van der Waals surface area contributed by atoms with Gasteiger partial charge in [-0.3, -0.25) is 14.4 Å². The van der Waals surface area contributed by atoms with Crippen LogP contribution in [0.25, 0.3) is 11.0 Å². The van der Waals surface area contributed by atoms with Crippen molar-refractivity contribution in [3.8, 4) is 0 Å². The van der Waals surface area contributed by atoms with Gasteiger partial charge < -0.3 is 25.4 Å². The molecule has 0 spiro atoms. The fourth-order valence-corrected chi connectivity index (χ4v) is 4.49.